The zero-order chi connectivity index (χ0) is 13.6. The number of amides is 1. The lowest BCUT2D eigenvalue weighted by Crippen LogP contribution is -2.53. The van der Waals surface area contributed by atoms with Crippen LogP contribution in [0.15, 0.2) is 0 Å². The SMILES string of the molecule is CCCN(CC(=O)NC1CCCC1)C(C)(C)CN. The fourth-order valence-electron chi connectivity index (χ4n) is 2.51. The van der Waals surface area contributed by atoms with Crippen LogP contribution in [0.1, 0.15) is 52.9 Å². The number of nitrogens with one attached hydrogen (secondary N) is 1. The molecule has 0 aromatic carbocycles. The maximum atomic E-state index is 12.1. The van der Waals surface area contributed by atoms with Crippen molar-refractivity contribution in [2.45, 2.75) is 64.5 Å². The molecule has 0 bridgehead atoms. The Hall–Kier alpha value is -0.610. The maximum Gasteiger partial charge on any atom is 0.234 e. The van der Waals surface area contributed by atoms with Crippen molar-refractivity contribution in [1.29, 1.82) is 0 Å². The minimum absolute atomic E-state index is 0.108. The Morgan fingerprint density at radius 1 is 1.39 bits per heavy atom. The van der Waals surface area contributed by atoms with E-state index in [0.717, 1.165) is 25.8 Å². The van der Waals surface area contributed by atoms with Crippen LogP contribution in [-0.4, -0.2) is 42.0 Å². The van der Waals surface area contributed by atoms with Gasteiger partial charge in [0.15, 0.2) is 0 Å². The maximum absolute atomic E-state index is 12.1. The number of nitrogens with two attached hydrogens (primary N) is 1. The van der Waals surface area contributed by atoms with Crippen LogP contribution in [0.3, 0.4) is 0 Å². The van der Waals surface area contributed by atoms with E-state index in [1.165, 1.54) is 12.8 Å². The Kier molecular flexibility index (Phi) is 6.09. The molecule has 4 heteroatoms. The Labute approximate surface area is 111 Å². The number of rotatable bonds is 7. The summed E-state index contributed by atoms with van der Waals surface area (Å²) < 4.78 is 0. The number of carbonyl (C=O) groups is 1. The fourth-order valence-corrected chi connectivity index (χ4v) is 2.51. The van der Waals surface area contributed by atoms with Crippen LogP contribution in [0.5, 0.6) is 0 Å². The largest absolute Gasteiger partial charge is 0.352 e. The van der Waals surface area contributed by atoms with E-state index in [9.17, 15) is 4.79 Å². The van der Waals surface area contributed by atoms with Gasteiger partial charge in [0.2, 0.25) is 5.91 Å². The van der Waals surface area contributed by atoms with E-state index >= 15 is 0 Å². The lowest BCUT2D eigenvalue weighted by atomic mass is 10.0. The lowest BCUT2D eigenvalue weighted by molar-refractivity contribution is -0.124. The van der Waals surface area contributed by atoms with E-state index in [1.54, 1.807) is 0 Å². The van der Waals surface area contributed by atoms with Crippen LogP contribution in [0, 0.1) is 0 Å². The molecule has 0 aromatic rings. The molecule has 1 aliphatic rings. The molecule has 106 valence electrons. The van der Waals surface area contributed by atoms with Gasteiger partial charge in [0, 0.05) is 18.1 Å². The second-order valence-electron chi connectivity index (χ2n) is 5.99. The Morgan fingerprint density at radius 2 is 2.00 bits per heavy atom. The highest BCUT2D eigenvalue weighted by atomic mass is 16.2. The Morgan fingerprint density at radius 3 is 2.50 bits per heavy atom. The van der Waals surface area contributed by atoms with Crippen molar-refractivity contribution in [1.82, 2.24) is 10.2 Å². The standard InChI is InChI=1S/C14H29N3O/c1-4-9-17(14(2,3)11-15)10-13(18)16-12-7-5-6-8-12/h12H,4-11,15H2,1-3H3,(H,16,18). The summed E-state index contributed by atoms with van der Waals surface area (Å²) in [5.74, 6) is 0.150. The average Bonchev–Trinajstić information content (AvgIpc) is 2.81. The topological polar surface area (TPSA) is 58.4 Å². The van der Waals surface area contributed by atoms with Gasteiger partial charge in [0.05, 0.1) is 6.54 Å². The fraction of sp³-hybridized carbons (Fsp3) is 0.929. The molecule has 18 heavy (non-hydrogen) atoms. The molecule has 3 N–H and O–H groups in total. The molecule has 1 amide bonds. The smallest absolute Gasteiger partial charge is 0.234 e. The van der Waals surface area contributed by atoms with Crippen molar-refractivity contribution in [3.05, 3.63) is 0 Å². The first-order valence-electron chi connectivity index (χ1n) is 7.24. The third kappa shape index (κ3) is 4.58. The van der Waals surface area contributed by atoms with Crippen molar-refractivity contribution < 1.29 is 4.79 Å². The summed E-state index contributed by atoms with van der Waals surface area (Å²) in [7, 11) is 0. The first-order chi connectivity index (χ1) is 8.49. The van der Waals surface area contributed by atoms with Crippen LogP contribution in [0.2, 0.25) is 0 Å². The molecule has 0 heterocycles. The van der Waals surface area contributed by atoms with Crippen LogP contribution in [0.25, 0.3) is 0 Å². The summed E-state index contributed by atoms with van der Waals surface area (Å²) >= 11 is 0. The minimum Gasteiger partial charge on any atom is -0.352 e. The van der Waals surface area contributed by atoms with Gasteiger partial charge in [-0.3, -0.25) is 9.69 Å². The van der Waals surface area contributed by atoms with E-state index in [1.807, 2.05) is 0 Å². The van der Waals surface area contributed by atoms with Gasteiger partial charge in [0.1, 0.15) is 0 Å². The highest BCUT2D eigenvalue weighted by Gasteiger charge is 2.27. The number of hydrogen-bond donors (Lipinski definition) is 2. The number of nitrogens with zero attached hydrogens (tertiary/aromatic N) is 1. The monoisotopic (exact) mass is 255 g/mol. The quantitative estimate of drug-likeness (QED) is 0.725. The zero-order valence-electron chi connectivity index (χ0n) is 12.2. The second kappa shape index (κ2) is 7.10. The number of hydrogen-bond acceptors (Lipinski definition) is 3. The molecule has 0 radical (unpaired) electrons. The molecule has 0 aliphatic heterocycles. The highest BCUT2D eigenvalue weighted by molar-refractivity contribution is 5.78. The van der Waals surface area contributed by atoms with Gasteiger partial charge in [-0.1, -0.05) is 19.8 Å². The van der Waals surface area contributed by atoms with Crippen molar-refractivity contribution in [3.63, 3.8) is 0 Å². The molecule has 1 aliphatic carbocycles. The van der Waals surface area contributed by atoms with Gasteiger partial charge in [-0.05, 0) is 39.7 Å². The molecule has 1 saturated carbocycles. The van der Waals surface area contributed by atoms with Gasteiger partial charge in [-0.2, -0.15) is 0 Å². The third-order valence-electron chi connectivity index (χ3n) is 3.90. The predicted molar refractivity (Wildman–Crippen MR) is 75.4 cm³/mol. The first-order valence-corrected chi connectivity index (χ1v) is 7.24. The average molecular weight is 255 g/mol. The summed E-state index contributed by atoms with van der Waals surface area (Å²) in [5, 5.41) is 3.14. The lowest BCUT2D eigenvalue weighted by Gasteiger charge is -2.37. The minimum atomic E-state index is -0.108. The van der Waals surface area contributed by atoms with E-state index in [4.69, 9.17) is 5.73 Å². The van der Waals surface area contributed by atoms with Gasteiger partial charge in [-0.25, -0.2) is 0 Å². The van der Waals surface area contributed by atoms with Crippen molar-refractivity contribution in [2.24, 2.45) is 5.73 Å². The zero-order valence-corrected chi connectivity index (χ0v) is 12.2. The molecule has 1 fully saturated rings. The molecule has 4 nitrogen and oxygen atoms in total. The van der Waals surface area contributed by atoms with Gasteiger partial charge in [0.25, 0.3) is 0 Å². The Balaban J connectivity index is 2.46. The van der Waals surface area contributed by atoms with Gasteiger partial charge < -0.3 is 11.1 Å². The van der Waals surface area contributed by atoms with Crippen LogP contribution in [0.4, 0.5) is 0 Å². The van der Waals surface area contributed by atoms with Crippen LogP contribution in [-0.2, 0) is 4.79 Å². The third-order valence-corrected chi connectivity index (χ3v) is 3.90. The Bertz CT molecular complexity index is 260. The van der Waals surface area contributed by atoms with Gasteiger partial charge >= 0.3 is 0 Å². The van der Waals surface area contributed by atoms with Gasteiger partial charge in [-0.15, -0.1) is 0 Å². The molecular formula is C14H29N3O. The molecule has 0 aromatic heterocycles. The van der Waals surface area contributed by atoms with Crippen molar-refractivity contribution in [2.75, 3.05) is 19.6 Å². The summed E-state index contributed by atoms with van der Waals surface area (Å²) in [6, 6.07) is 0.405. The molecular weight excluding hydrogens is 226 g/mol. The highest BCUT2D eigenvalue weighted by Crippen LogP contribution is 2.18. The number of carbonyl (C=O) groups excluding carboxylic acids is 1. The van der Waals surface area contributed by atoms with Crippen molar-refractivity contribution >= 4 is 5.91 Å². The summed E-state index contributed by atoms with van der Waals surface area (Å²) in [6.45, 7) is 8.30. The summed E-state index contributed by atoms with van der Waals surface area (Å²) in [6.07, 6.45) is 5.82. The predicted octanol–water partition coefficient (Wildman–Crippen LogP) is 1.49. The van der Waals surface area contributed by atoms with E-state index < -0.39 is 0 Å². The van der Waals surface area contributed by atoms with Crippen molar-refractivity contribution in [3.8, 4) is 0 Å². The molecule has 0 atom stereocenters. The molecule has 0 saturated heterocycles. The molecule has 1 rings (SSSR count). The summed E-state index contributed by atoms with van der Waals surface area (Å²) in [5.41, 5.74) is 5.70. The van der Waals surface area contributed by atoms with E-state index in [0.29, 0.717) is 19.1 Å². The normalized spacial score (nSPS) is 17.4. The van der Waals surface area contributed by atoms with E-state index in [2.05, 4.69) is 31.0 Å². The summed E-state index contributed by atoms with van der Waals surface area (Å²) in [4.78, 5) is 14.2. The second-order valence-corrected chi connectivity index (χ2v) is 5.99. The molecule has 0 spiro atoms. The molecule has 0 unspecified atom stereocenters. The van der Waals surface area contributed by atoms with Crippen LogP contribution < -0.4 is 11.1 Å². The van der Waals surface area contributed by atoms with Crippen LogP contribution >= 0.6 is 0 Å². The van der Waals surface area contributed by atoms with E-state index in [-0.39, 0.29) is 11.4 Å². The first kappa shape index (κ1) is 15.4.